The average Bonchev–Trinajstić information content (AvgIpc) is 3.21. The molecule has 3 rings (SSSR count). The fourth-order valence-corrected chi connectivity index (χ4v) is 2.92. The summed E-state index contributed by atoms with van der Waals surface area (Å²) in [7, 11) is 0. The zero-order chi connectivity index (χ0) is 17.1. The highest BCUT2D eigenvalue weighted by Crippen LogP contribution is 2.24. The zero-order valence-corrected chi connectivity index (χ0v) is 14.0. The normalized spacial score (nSPS) is 18.3. The number of aryl methyl sites for hydroxylation is 1. The summed E-state index contributed by atoms with van der Waals surface area (Å²) in [5.74, 6) is 1.11. The number of rotatable bonds is 5. The number of carbonyl (C=O) groups excluding carboxylic acids is 1. The average molecular weight is 333 g/mol. The highest BCUT2D eigenvalue weighted by molar-refractivity contribution is 5.92. The van der Waals surface area contributed by atoms with E-state index in [1.807, 2.05) is 0 Å². The summed E-state index contributed by atoms with van der Waals surface area (Å²) in [6.07, 6.45) is 4.47. The molecular formula is C15H23N7O2. The topological polar surface area (TPSA) is 113 Å². The number of nitrogens with one attached hydrogen (secondary N) is 2. The predicted octanol–water partition coefficient (Wildman–Crippen LogP) is 0.755. The van der Waals surface area contributed by atoms with Gasteiger partial charge in [0.05, 0.1) is 6.20 Å². The maximum Gasteiger partial charge on any atom is 0.340 e. The number of likely N-dealkylation sites (tertiary alicyclic amines) is 1. The molecule has 2 N–H and O–H groups in total. The monoisotopic (exact) mass is 333 g/mol. The van der Waals surface area contributed by atoms with Crippen LogP contribution in [0.1, 0.15) is 55.3 Å². The summed E-state index contributed by atoms with van der Waals surface area (Å²) in [6, 6.07) is 0. The summed E-state index contributed by atoms with van der Waals surface area (Å²) >= 11 is 0. The van der Waals surface area contributed by atoms with Crippen LogP contribution in [-0.2, 0) is 6.54 Å². The van der Waals surface area contributed by atoms with Gasteiger partial charge in [0.2, 0.25) is 0 Å². The van der Waals surface area contributed by atoms with Crippen molar-refractivity contribution in [1.82, 2.24) is 35.1 Å². The Balaban J connectivity index is 1.65. The molecule has 0 bridgehead atoms. The molecule has 24 heavy (non-hydrogen) atoms. The van der Waals surface area contributed by atoms with Crippen LogP contribution in [0.5, 0.6) is 0 Å². The van der Waals surface area contributed by atoms with Gasteiger partial charge >= 0.3 is 5.69 Å². The second-order valence-corrected chi connectivity index (χ2v) is 6.70. The maximum atomic E-state index is 12.6. The summed E-state index contributed by atoms with van der Waals surface area (Å²) < 4.78 is 1.72. The number of nitrogens with zero attached hydrogens (tertiary/aromatic N) is 5. The number of hydrogen-bond donors (Lipinski definition) is 2. The van der Waals surface area contributed by atoms with Crippen molar-refractivity contribution in [2.45, 2.75) is 45.6 Å². The van der Waals surface area contributed by atoms with E-state index < -0.39 is 0 Å². The molecule has 2 aromatic heterocycles. The number of amides is 1. The fraction of sp³-hybridized carbons (Fsp3) is 0.667. The molecular weight excluding hydrogens is 310 g/mol. The Morgan fingerprint density at radius 1 is 1.46 bits per heavy atom. The molecule has 1 aliphatic heterocycles. The predicted molar refractivity (Wildman–Crippen MR) is 86.6 cm³/mol. The Kier molecular flexibility index (Phi) is 4.77. The number of aromatic nitrogens is 6. The molecule has 2 aromatic rings. The third kappa shape index (κ3) is 3.72. The minimum atomic E-state index is -0.318. The third-order valence-corrected chi connectivity index (χ3v) is 4.31. The Morgan fingerprint density at radius 3 is 3.00 bits per heavy atom. The molecule has 1 saturated heterocycles. The van der Waals surface area contributed by atoms with Crippen LogP contribution in [0.25, 0.3) is 0 Å². The largest absolute Gasteiger partial charge is 0.340 e. The first-order valence-corrected chi connectivity index (χ1v) is 8.37. The minimum absolute atomic E-state index is 0.0395. The van der Waals surface area contributed by atoms with Crippen molar-refractivity contribution in [3.8, 4) is 0 Å². The van der Waals surface area contributed by atoms with Gasteiger partial charge in [-0.1, -0.05) is 19.1 Å². The second-order valence-electron chi connectivity index (χ2n) is 6.70. The van der Waals surface area contributed by atoms with E-state index in [9.17, 15) is 9.59 Å². The molecule has 0 radical (unpaired) electrons. The van der Waals surface area contributed by atoms with Gasteiger partial charge < -0.3 is 4.90 Å². The molecule has 0 saturated carbocycles. The van der Waals surface area contributed by atoms with Crippen molar-refractivity contribution >= 4 is 5.91 Å². The first-order chi connectivity index (χ1) is 11.5. The molecule has 0 aromatic carbocycles. The Hall–Kier alpha value is -2.45. The quantitative estimate of drug-likeness (QED) is 0.838. The van der Waals surface area contributed by atoms with E-state index in [4.69, 9.17) is 0 Å². The van der Waals surface area contributed by atoms with Crippen LogP contribution < -0.4 is 5.69 Å². The molecule has 1 amide bonds. The van der Waals surface area contributed by atoms with Crippen LogP contribution in [0.3, 0.4) is 0 Å². The molecule has 3 heterocycles. The first kappa shape index (κ1) is 16.4. The van der Waals surface area contributed by atoms with E-state index in [1.54, 1.807) is 15.8 Å². The van der Waals surface area contributed by atoms with Crippen molar-refractivity contribution in [2.75, 3.05) is 13.1 Å². The summed E-state index contributed by atoms with van der Waals surface area (Å²) in [4.78, 5) is 28.3. The standard InChI is InChI=1S/C15H23N7O2/c1-10(2)5-7-22-9-12(17-20-22)14(23)21-6-3-4-11(8-21)13-16-15(24)19-18-13/h9-11H,3-8H2,1-2H3,(H2,16,18,19,24). The smallest absolute Gasteiger partial charge is 0.336 e. The van der Waals surface area contributed by atoms with Gasteiger partial charge in [0.1, 0.15) is 5.82 Å². The van der Waals surface area contributed by atoms with Crippen LogP contribution in [-0.4, -0.2) is 54.1 Å². The molecule has 0 aliphatic carbocycles. The number of hydrogen-bond acceptors (Lipinski definition) is 5. The number of H-pyrrole nitrogens is 2. The maximum absolute atomic E-state index is 12.6. The van der Waals surface area contributed by atoms with Crippen molar-refractivity contribution in [3.63, 3.8) is 0 Å². The zero-order valence-electron chi connectivity index (χ0n) is 14.0. The van der Waals surface area contributed by atoms with Crippen LogP contribution in [0, 0.1) is 5.92 Å². The highest BCUT2D eigenvalue weighted by atomic mass is 16.2. The molecule has 1 unspecified atom stereocenters. The molecule has 0 spiro atoms. The van der Waals surface area contributed by atoms with Crippen LogP contribution >= 0.6 is 0 Å². The van der Waals surface area contributed by atoms with Gasteiger partial charge in [-0.15, -0.1) is 5.10 Å². The number of carbonyl (C=O) groups is 1. The van der Waals surface area contributed by atoms with Crippen molar-refractivity contribution in [3.05, 3.63) is 28.2 Å². The van der Waals surface area contributed by atoms with Gasteiger partial charge in [0.25, 0.3) is 5.91 Å². The fourth-order valence-electron chi connectivity index (χ4n) is 2.92. The lowest BCUT2D eigenvalue weighted by Gasteiger charge is -2.30. The second kappa shape index (κ2) is 6.98. The van der Waals surface area contributed by atoms with E-state index in [1.165, 1.54) is 0 Å². The van der Waals surface area contributed by atoms with Crippen LogP contribution in [0.2, 0.25) is 0 Å². The molecule has 9 heteroatoms. The lowest BCUT2D eigenvalue weighted by molar-refractivity contribution is 0.0698. The summed E-state index contributed by atoms with van der Waals surface area (Å²) in [6.45, 7) is 6.27. The van der Waals surface area contributed by atoms with E-state index in [-0.39, 0.29) is 17.5 Å². The lowest BCUT2D eigenvalue weighted by atomic mass is 9.97. The third-order valence-electron chi connectivity index (χ3n) is 4.31. The van der Waals surface area contributed by atoms with Gasteiger partial charge in [-0.2, -0.15) is 5.10 Å². The molecule has 1 atom stereocenters. The van der Waals surface area contributed by atoms with Gasteiger partial charge in [-0.3, -0.25) is 14.5 Å². The number of aromatic amines is 2. The van der Waals surface area contributed by atoms with E-state index in [0.29, 0.717) is 30.5 Å². The van der Waals surface area contributed by atoms with E-state index in [0.717, 1.165) is 25.8 Å². The van der Waals surface area contributed by atoms with Gasteiger partial charge in [-0.05, 0) is 25.2 Å². The van der Waals surface area contributed by atoms with Crippen LogP contribution in [0.15, 0.2) is 11.0 Å². The Morgan fingerprint density at radius 2 is 2.29 bits per heavy atom. The molecule has 9 nitrogen and oxygen atoms in total. The summed E-state index contributed by atoms with van der Waals surface area (Å²) in [5, 5.41) is 14.4. The number of piperidine rings is 1. The van der Waals surface area contributed by atoms with E-state index >= 15 is 0 Å². The minimum Gasteiger partial charge on any atom is -0.336 e. The van der Waals surface area contributed by atoms with Crippen molar-refractivity contribution < 1.29 is 4.79 Å². The van der Waals surface area contributed by atoms with E-state index in [2.05, 4.69) is 39.3 Å². The first-order valence-electron chi connectivity index (χ1n) is 8.37. The molecule has 130 valence electrons. The van der Waals surface area contributed by atoms with Gasteiger partial charge in [0.15, 0.2) is 5.69 Å². The van der Waals surface area contributed by atoms with Crippen molar-refractivity contribution in [1.29, 1.82) is 0 Å². The Bertz CT molecular complexity index is 745. The van der Waals surface area contributed by atoms with Crippen molar-refractivity contribution in [2.24, 2.45) is 5.92 Å². The summed E-state index contributed by atoms with van der Waals surface area (Å²) in [5.41, 5.74) is 0.0523. The lowest BCUT2D eigenvalue weighted by Crippen LogP contribution is -2.39. The SMILES string of the molecule is CC(C)CCn1cc(C(=O)N2CCCC(c3n[nH]c(=O)[nH]3)C2)nn1. The Labute approximate surface area is 139 Å². The highest BCUT2D eigenvalue weighted by Gasteiger charge is 2.28. The van der Waals surface area contributed by atoms with Gasteiger partial charge in [-0.25, -0.2) is 9.89 Å². The molecule has 1 aliphatic rings. The van der Waals surface area contributed by atoms with Gasteiger partial charge in [0, 0.05) is 25.6 Å². The van der Waals surface area contributed by atoms with Crippen LogP contribution in [0.4, 0.5) is 0 Å². The molecule has 1 fully saturated rings.